The van der Waals surface area contributed by atoms with Gasteiger partial charge < -0.3 is 14.5 Å². The Hall–Kier alpha value is -3.09. The highest BCUT2D eigenvalue weighted by Crippen LogP contribution is 2.27. The number of aryl methyl sites for hydroxylation is 2. The molecular formula is C24H21ClN2O3S. The van der Waals surface area contributed by atoms with E-state index >= 15 is 0 Å². The molecule has 1 fully saturated rings. The van der Waals surface area contributed by atoms with Crippen LogP contribution in [0.5, 0.6) is 5.75 Å². The van der Waals surface area contributed by atoms with Crippen molar-refractivity contribution in [1.29, 1.82) is 0 Å². The second-order valence-corrected chi connectivity index (χ2v) is 7.91. The zero-order valence-corrected chi connectivity index (χ0v) is 18.7. The fourth-order valence-corrected chi connectivity index (χ4v) is 3.74. The molecule has 31 heavy (non-hydrogen) atoms. The van der Waals surface area contributed by atoms with Crippen LogP contribution >= 0.6 is 23.8 Å². The molecule has 158 valence electrons. The van der Waals surface area contributed by atoms with Crippen LogP contribution in [0.1, 0.15) is 29.6 Å². The van der Waals surface area contributed by atoms with Gasteiger partial charge in [-0.3, -0.25) is 9.69 Å². The summed E-state index contributed by atoms with van der Waals surface area (Å²) in [6, 6.07) is 16.8. The highest BCUT2D eigenvalue weighted by Gasteiger charge is 2.33. The molecule has 7 heteroatoms. The first-order valence-electron chi connectivity index (χ1n) is 9.89. The average molecular weight is 453 g/mol. The second-order valence-electron chi connectivity index (χ2n) is 7.11. The summed E-state index contributed by atoms with van der Waals surface area (Å²) in [4.78, 5) is 14.5. The van der Waals surface area contributed by atoms with Crippen molar-refractivity contribution in [2.45, 2.75) is 26.9 Å². The predicted molar refractivity (Wildman–Crippen MR) is 126 cm³/mol. The Morgan fingerprint density at radius 1 is 1.19 bits per heavy atom. The Morgan fingerprint density at radius 3 is 2.77 bits per heavy atom. The monoisotopic (exact) mass is 452 g/mol. The highest BCUT2D eigenvalue weighted by atomic mass is 35.5. The molecule has 2 heterocycles. The average Bonchev–Trinajstić information content (AvgIpc) is 3.32. The Morgan fingerprint density at radius 2 is 2.00 bits per heavy atom. The number of ether oxygens (including phenoxy) is 1. The topological polar surface area (TPSA) is 54.7 Å². The highest BCUT2D eigenvalue weighted by molar-refractivity contribution is 7.80. The van der Waals surface area contributed by atoms with Gasteiger partial charge in [-0.2, -0.15) is 0 Å². The largest absolute Gasteiger partial charge is 0.486 e. The summed E-state index contributed by atoms with van der Waals surface area (Å²) in [5.74, 6) is 1.67. The molecule has 5 nitrogen and oxygen atoms in total. The summed E-state index contributed by atoms with van der Waals surface area (Å²) in [7, 11) is 0. The molecule has 1 saturated heterocycles. The Labute approximate surface area is 191 Å². The maximum atomic E-state index is 13.0. The van der Waals surface area contributed by atoms with Crippen LogP contribution in [0.4, 0.5) is 5.69 Å². The number of furan rings is 1. The number of nitrogens with zero attached hydrogens (tertiary/aromatic N) is 1. The maximum Gasteiger partial charge on any atom is 0.281 e. The van der Waals surface area contributed by atoms with Gasteiger partial charge in [0.25, 0.3) is 5.91 Å². The number of nitrogens with one attached hydrogen (secondary N) is 1. The zero-order chi connectivity index (χ0) is 22.0. The lowest BCUT2D eigenvalue weighted by Crippen LogP contribution is -2.31. The number of hydrogen-bond donors (Lipinski definition) is 1. The van der Waals surface area contributed by atoms with E-state index < -0.39 is 0 Å². The molecule has 0 spiro atoms. The van der Waals surface area contributed by atoms with E-state index in [1.54, 1.807) is 18.2 Å². The zero-order valence-electron chi connectivity index (χ0n) is 17.1. The normalized spacial score (nSPS) is 14.9. The molecule has 0 bridgehead atoms. The van der Waals surface area contributed by atoms with Gasteiger partial charge in [0.1, 0.15) is 29.6 Å². The molecule has 0 saturated carbocycles. The number of rotatable bonds is 6. The third-order valence-electron chi connectivity index (χ3n) is 4.97. The molecule has 0 atom stereocenters. The van der Waals surface area contributed by atoms with Gasteiger partial charge in [-0.05, 0) is 73.1 Å². The van der Waals surface area contributed by atoms with Gasteiger partial charge in [-0.25, -0.2) is 0 Å². The molecular weight excluding hydrogens is 432 g/mol. The van der Waals surface area contributed by atoms with E-state index in [2.05, 4.69) is 5.32 Å². The number of benzene rings is 2. The van der Waals surface area contributed by atoms with E-state index in [9.17, 15) is 4.79 Å². The summed E-state index contributed by atoms with van der Waals surface area (Å²) in [6.07, 6.45) is 2.45. The van der Waals surface area contributed by atoms with E-state index in [1.165, 1.54) is 4.90 Å². The van der Waals surface area contributed by atoms with Crippen LogP contribution in [0.3, 0.4) is 0 Å². The Bertz CT molecular complexity index is 1190. The van der Waals surface area contributed by atoms with Gasteiger partial charge in [0.05, 0.1) is 5.69 Å². The third-order valence-corrected chi connectivity index (χ3v) is 5.68. The van der Waals surface area contributed by atoms with E-state index in [-0.39, 0.29) is 12.5 Å². The standard InChI is InChI=1S/C24H21ClN2O3S/c1-3-16-6-4-5-7-22(16)27-23(28)21(26-24(27)31)13-18-8-9-19(30-18)14-29-17-10-11-20(25)15(2)12-17/h4-13H,3,14H2,1-2H3,(H,26,31)/b21-13+. The lowest BCUT2D eigenvalue weighted by Gasteiger charge is -2.17. The third kappa shape index (κ3) is 4.50. The van der Waals surface area contributed by atoms with Crippen LogP contribution in [0.2, 0.25) is 5.02 Å². The SMILES string of the molecule is CCc1ccccc1N1C(=O)/C(=C\c2ccc(COc3ccc(Cl)c(C)c3)o2)NC1=S. The minimum atomic E-state index is -0.211. The summed E-state index contributed by atoms with van der Waals surface area (Å²) in [5, 5.41) is 4.04. The van der Waals surface area contributed by atoms with Crippen molar-refractivity contribution in [3.63, 3.8) is 0 Å². The van der Waals surface area contributed by atoms with Gasteiger partial charge in [0.2, 0.25) is 0 Å². The summed E-state index contributed by atoms with van der Waals surface area (Å²) < 4.78 is 11.6. The number of thiocarbonyl (C=S) groups is 1. The van der Waals surface area contributed by atoms with E-state index in [1.807, 2.05) is 56.3 Å². The van der Waals surface area contributed by atoms with Crippen molar-refractivity contribution < 1.29 is 13.9 Å². The summed E-state index contributed by atoms with van der Waals surface area (Å²) >= 11 is 11.5. The minimum Gasteiger partial charge on any atom is -0.486 e. The van der Waals surface area contributed by atoms with Crippen molar-refractivity contribution in [2.75, 3.05) is 4.90 Å². The van der Waals surface area contributed by atoms with Gasteiger partial charge in [-0.1, -0.05) is 36.7 Å². The van der Waals surface area contributed by atoms with Gasteiger partial charge >= 0.3 is 0 Å². The second kappa shape index (κ2) is 8.96. The van der Waals surface area contributed by atoms with Crippen molar-refractivity contribution in [3.05, 3.63) is 88.0 Å². The summed E-state index contributed by atoms with van der Waals surface area (Å²) in [6.45, 7) is 4.23. The lowest BCUT2D eigenvalue weighted by molar-refractivity contribution is -0.113. The molecule has 4 rings (SSSR count). The number of halogens is 1. The summed E-state index contributed by atoms with van der Waals surface area (Å²) in [5.41, 5.74) is 3.16. The Kier molecular flexibility index (Phi) is 6.11. The fourth-order valence-electron chi connectivity index (χ4n) is 3.34. The number of carbonyl (C=O) groups excluding carboxylic acids is 1. The van der Waals surface area contributed by atoms with E-state index in [4.69, 9.17) is 33.0 Å². The van der Waals surface area contributed by atoms with Crippen LogP contribution in [-0.4, -0.2) is 11.0 Å². The molecule has 0 aliphatic carbocycles. The van der Waals surface area contributed by atoms with Crippen LogP contribution in [0.15, 0.2) is 64.7 Å². The lowest BCUT2D eigenvalue weighted by atomic mass is 10.1. The predicted octanol–water partition coefficient (Wildman–Crippen LogP) is 5.65. The molecule has 1 N–H and O–H groups in total. The molecule has 1 aliphatic heterocycles. The maximum absolute atomic E-state index is 13.0. The number of hydrogen-bond acceptors (Lipinski definition) is 4. The van der Waals surface area contributed by atoms with Gasteiger partial charge in [0, 0.05) is 11.1 Å². The number of para-hydroxylation sites is 1. The number of amides is 1. The molecule has 0 radical (unpaired) electrons. The first-order valence-corrected chi connectivity index (χ1v) is 10.7. The quantitative estimate of drug-likeness (QED) is 0.387. The number of anilines is 1. The van der Waals surface area contributed by atoms with Crippen molar-refractivity contribution in [3.8, 4) is 5.75 Å². The van der Waals surface area contributed by atoms with Gasteiger partial charge in [-0.15, -0.1) is 0 Å². The van der Waals surface area contributed by atoms with Crippen molar-refractivity contribution in [1.82, 2.24) is 5.32 Å². The molecule has 0 unspecified atom stereocenters. The van der Waals surface area contributed by atoms with Crippen LogP contribution in [0.25, 0.3) is 6.08 Å². The molecule has 1 aromatic heterocycles. The van der Waals surface area contributed by atoms with Crippen LogP contribution in [-0.2, 0) is 17.8 Å². The molecule has 1 amide bonds. The first-order chi connectivity index (χ1) is 15.0. The Balaban J connectivity index is 1.48. The molecule has 1 aliphatic rings. The number of carbonyl (C=O) groups is 1. The minimum absolute atomic E-state index is 0.211. The first kappa shape index (κ1) is 21.2. The molecule has 2 aromatic carbocycles. The van der Waals surface area contributed by atoms with E-state index in [0.717, 1.165) is 23.2 Å². The molecule has 3 aromatic rings. The van der Waals surface area contributed by atoms with Crippen molar-refractivity contribution >= 4 is 46.6 Å². The smallest absolute Gasteiger partial charge is 0.281 e. The van der Waals surface area contributed by atoms with E-state index in [0.29, 0.717) is 33.1 Å². The van der Waals surface area contributed by atoms with Crippen molar-refractivity contribution in [2.24, 2.45) is 0 Å². The fraction of sp³-hybridized carbons (Fsp3) is 0.167. The van der Waals surface area contributed by atoms with Crippen LogP contribution in [0, 0.1) is 6.92 Å². The van der Waals surface area contributed by atoms with Gasteiger partial charge in [0.15, 0.2) is 5.11 Å². The van der Waals surface area contributed by atoms with Crippen LogP contribution < -0.4 is 15.0 Å².